The average Bonchev–Trinajstić information content (AvgIpc) is 3.26. The molecule has 0 spiro atoms. The molecule has 2 saturated heterocycles. The molecule has 0 bridgehead atoms. The Kier molecular flexibility index (Phi) is 10.1. The summed E-state index contributed by atoms with van der Waals surface area (Å²) in [5.41, 5.74) is 1.72. The Labute approximate surface area is 254 Å². The molecule has 3 N–H and O–H groups in total. The van der Waals surface area contributed by atoms with Gasteiger partial charge in [0.25, 0.3) is 0 Å². The summed E-state index contributed by atoms with van der Waals surface area (Å²) in [6.07, 6.45) is 3.07. The number of aromatic nitrogens is 2. The summed E-state index contributed by atoms with van der Waals surface area (Å²) in [4.78, 5) is 57.5. The van der Waals surface area contributed by atoms with Crippen molar-refractivity contribution in [1.29, 1.82) is 0 Å². The SMILES string of the molecule is CC(=O)CC(=O)O.C[C@@H]1CN(C(=O)CN2CC(C)(C)OC[C@H]2C(=O)Nc2cc(Cl)cc3c2[nH]c2cnccc23)C[C@H](C)O1. The van der Waals surface area contributed by atoms with Crippen LogP contribution in [0.1, 0.15) is 41.0 Å². The highest BCUT2D eigenvalue weighted by Crippen LogP contribution is 2.33. The van der Waals surface area contributed by atoms with E-state index in [1.165, 1.54) is 6.92 Å². The molecule has 2 aliphatic rings. The molecule has 1 aromatic carbocycles. The number of carbonyl (C=O) groups excluding carboxylic acids is 3. The van der Waals surface area contributed by atoms with E-state index in [9.17, 15) is 19.2 Å². The number of halogens is 1. The Balaban J connectivity index is 0.000000541. The second kappa shape index (κ2) is 13.4. The number of ether oxygens (including phenoxy) is 2. The summed E-state index contributed by atoms with van der Waals surface area (Å²) >= 11 is 6.42. The molecule has 2 fully saturated rings. The minimum absolute atomic E-state index is 0.0132. The molecule has 0 aliphatic carbocycles. The number of aromatic amines is 1. The molecule has 2 amide bonds. The van der Waals surface area contributed by atoms with Crippen LogP contribution in [0.15, 0.2) is 30.6 Å². The van der Waals surface area contributed by atoms with Gasteiger partial charge in [-0.2, -0.15) is 0 Å². The summed E-state index contributed by atoms with van der Waals surface area (Å²) in [5, 5.41) is 13.3. The fourth-order valence-electron chi connectivity index (χ4n) is 5.46. The van der Waals surface area contributed by atoms with Crippen molar-refractivity contribution in [3.63, 3.8) is 0 Å². The molecule has 4 heterocycles. The fourth-order valence-corrected chi connectivity index (χ4v) is 5.68. The van der Waals surface area contributed by atoms with Gasteiger partial charge in [0.2, 0.25) is 11.8 Å². The number of aliphatic carboxylic acids is 1. The monoisotopic (exact) mass is 615 g/mol. The van der Waals surface area contributed by atoms with Crippen LogP contribution >= 0.6 is 11.6 Å². The molecule has 12 nitrogen and oxygen atoms in total. The zero-order chi connectivity index (χ0) is 31.5. The number of Topliss-reactive ketones (excluding diaryl/α,β-unsaturated/α-hetero) is 1. The van der Waals surface area contributed by atoms with Gasteiger partial charge >= 0.3 is 5.97 Å². The number of pyridine rings is 1. The number of fused-ring (bicyclic) bond motifs is 3. The molecular formula is C30H38ClN5O7. The number of ketones is 1. The maximum atomic E-state index is 13.6. The van der Waals surface area contributed by atoms with Crippen LogP contribution in [-0.4, -0.2) is 105 Å². The lowest BCUT2D eigenvalue weighted by Gasteiger charge is -2.43. The first-order chi connectivity index (χ1) is 20.2. The summed E-state index contributed by atoms with van der Waals surface area (Å²) in [6, 6.07) is 4.88. The average molecular weight is 616 g/mol. The number of benzene rings is 1. The first-order valence-corrected chi connectivity index (χ1v) is 14.5. The maximum absolute atomic E-state index is 13.6. The molecule has 232 valence electrons. The first-order valence-electron chi connectivity index (χ1n) is 14.1. The number of morpholine rings is 2. The van der Waals surface area contributed by atoms with Crippen LogP contribution in [0.25, 0.3) is 21.8 Å². The van der Waals surface area contributed by atoms with Crippen molar-refractivity contribution in [2.24, 2.45) is 0 Å². The van der Waals surface area contributed by atoms with E-state index in [-0.39, 0.29) is 49.4 Å². The molecule has 0 radical (unpaired) electrons. The fraction of sp³-hybridized carbons (Fsp3) is 0.500. The highest BCUT2D eigenvalue weighted by Gasteiger charge is 2.40. The second-order valence-corrected chi connectivity index (χ2v) is 12.2. The van der Waals surface area contributed by atoms with Crippen LogP contribution in [0, 0.1) is 0 Å². The summed E-state index contributed by atoms with van der Waals surface area (Å²) in [5.74, 6) is -1.64. The van der Waals surface area contributed by atoms with Crippen LogP contribution < -0.4 is 5.32 Å². The molecule has 13 heteroatoms. The first kappa shape index (κ1) is 32.3. The van der Waals surface area contributed by atoms with Crippen molar-refractivity contribution in [2.75, 3.05) is 38.1 Å². The highest BCUT2D eigenvalue weighted by atomic mass is 35.5. The maximum Gasteiger partial charge on any atom is 0.310 e. The molecule has 0 unspecified atom stereocenters. The van der Waals surface area contributed by atoms with Crippen molar-refractivity contribution in [3.05, 3.63) is 35.6 Å². The number of nitrogens with one attached hydrogen (secondary N) is 2. The zero-order valence-corrected chi connectivity index (χ0v) is 25.7. The van der Waals surface area contributed by atoms with Gasteiger partial charge in [-0.15, -0.1) is 0 Å². The van der Waals surface area contributed by atoms with Gasteiger partial charge in [0.15, 0.2) is 0 Å². The zero-order valence-electron chi connectivity index (χ0n) is 25.0. The number of hydrogen-bond donors (Lipinski definition) is 3. The van der Waals surface area contributed by atoms with E-state index >= 15 is 0 Å². The van der Waals surface area contributed by atoms with Crippen LogP contribution in [0.2, 0.25) is 5.02 Å². The third-order valence-electron chi connectivity index (χ3n) is 7.20. The van der Waals surface area contributed by atoms with Crippen molar-refractivity contribution in [3.8, 4) is 0 Å². The largest absolute Gasteiger partial charge is 0.481 e. The Hall–Kier alpha value is -3.58. The van der Waals surface area contributed by atoms with Gasteiger partial charge in [0.1, 0.15) is 18.2 Å². The summed E-state index contributed by atoms with van der Waals surface area (Å²) in [6.45, 7) is 11.0. The van der Waals surface area contributed by atoms with Crippen LogP contribution in [0.4, 0.5) is 5.69 Å². The van der Waals surface area contributed by atoms with E-state index in [1.54, 1.807) is 18.5 Å². The number of hydrogen-bond acceptors (Lipinski definition) is 8. The molecule has 3 aromatic rings. The van der Waals surface area contributed by atoms with E-state index in [0.717, 1.165) is 21.8 Å². The van der Waals surface area contributed by atoms with E-state index in [0.29, 0.717) is 30.3 Å². The van der Waals surface area contributed by atoms with Gasteiger partial charge in [-0.1, -0.05) is 11.6 Å². The molecule has 3 atom stereocenters. The normalized spacial score (nSPS) is 22.1. The smallest absolute Gasteiger partial charge is 0.310 e. The Bertz CT molecular complexity index is 1500. The number of H-pyrrole nitrogens is 1. The number of nitrogens with zero attached hydrogens (tertiary/aromatic N) is 3. The van der Waals surface area contributed by atoms with Crippen LogP contribution in [0.5, 0.6) is 0 Å². The molecule has 2 aromatic heterocycles. The van der Waals surface area contributed by atoms with E-state index in [2.05, 4.69) is 15.3 Å². The van der Waals surface area contributed by atoms with Crippen LogP contribution in [0.3, 0.4) is 0 Å². The van der Waals surface area contributed by atoms with Crippen molar-refractivity contribution < 1.29 is 33.8 Å². The predicted molar refractivity (Wildman–Crippen MR) is 162 cm³/mol. The quantitative estimate of drug-likeness (QED) is 0.354. The molecule has 5 rings (SSSR count). The highest BCUT2D eigenvalue weighted by molar-refractivity contribution is 6.33. The van der Waals surface area contributed by atoms with Gasteiger partial charge < -0.3 is 29.8 Å². The van der Waals surface area contributed by atoms with Crippen molar-refractivity contribution in [1.82, 2.24) is 19.8 Å². The van der Waals surface area contributed by atoms with E-state index in [1.807, 2.05) is 49.6 Å². The standard InChI is InChI=1S/C26H32ClN5O4.C4H6O3/c1-15-10-31(11-16(2)36-15)23(33)12-32-14-26(3,4)35-13-22(32)25(34)30-20-8-17(27)7-19-18-5-6-28-9-21(18)29-24(19)20;1-3(5)2-4(6)7/h5-9,15-16,22,29H,10-14H2,1-4H3,(H,30,34);2H2,1H3,(H,6,7)/t15-,16+,22-;/m0./s1. The minimum Gasteiger partial charge on any atom is -0.481 e. The number of carboxylic acids is 1. The molecular weight excluding hydrogens is 578 g/mol. The Morgan fingerprint density at radius 3 is 2.49 bits per heavy atom. The number of amides is 2. The summed E-state index contributed by atoms with van der Waals surface area (Å²) < 4.78 is 11.8. The van der Waals surface area contributed by atoms with Gasteiger partial charge in [0.05, 0.1) is 53.9 Å². The van der Waals surface area contributed by atoms with Crippen LogP contribution in [-0.2, 0) is 28.7 Å². The third-order valence-corrected chi connectivity index (χ3v) is 7.42. The molecule has 2 aliphatic heterocycles. The lowest BCUT2D eigenvalue weighted by Crippen LogP contribution is -2.61. The Morgan fingerprint density at radius 1 is 1.16 bits per heavy atom. The van der Waals surface area contributed by atoms with E-state index in [4.69, 9.17) is 26.2 Å². The lowest BCUT2D eigenvalue weighted by atomic mass is 10.0. The second-order valence-electron chi connectivity index (χ2n) is 11.7. The number of anilines is 1. The summed E-state index contributed by atoms with van der Waals surface area (Å²) in [7, 11) is 0. The van der Waals surface area contributed by atoms with Gasteiger partial charge in [-0.3, -0.25) is 29.1 Å². The Morgan fingerprint density at radius 2 is 1.86 bits per heavy atom. The van der Waals surface area contributed by atoms with Crippen molar-refractivity contribution >= 4 is 62.7 Å². The predicted octanol–water partition coefficient (Wildman–Crippen LogP) is 3.47. The van der Waals surface area contributed by atoms with E-state index < -0.39 is 17.6 Å². The molecule has 43 heavy (non-hydrogen) atoms. The topological polar surface area (TPSA) is 154 Å². The lowest BCUT2D eigenvalue weighted by molar-refractivity contribution is -0.156. The van der Waals surface area contributed by atoms with Gasteiger partial charge in [-0.25, -0.2) is 0 Å². The van der Waals surface area contributed by atoms with Gasteiger partial charge in [-0.05, 0) is 52.8 Å². The van der Waals surface area contributed by atoms with Crippen molar-refractivity contribution in [2.45, 2.75) is 64.9 Å². The van der Waals surface area contributed by atoms with Gasteiger partial charge in [0, 0.05) is 41.6 Å². The number of carboxylic acid groups (broad SMARTS) is 1. The third kappa shape index (κ3) is 8.29. The molecule has 0 saturated carbocycles. The minimum atomic E-state index is -1.06. The number of rotatable bonds is 6. The number of carbonyl (C=O) groups is 4.